The number of nitriles is 1. The number of hydrogen-bond donors (Lipinski definition) is 2. The summed E-state index contributed by atoms with van der Waals surface area (Å²) in [7, 11) is 0. The van der Waals surface area contributed by atoms with E-state index in [0.717, 1.165) is 4.47 Å². The first-order valence-electron chi connectivity index (χ1n) is 6.10. The van der Waals surface area contributed by atoms with E-state index in [2.05, 4.69) is 27.3 Å². The molecular weight excluding hydrogens is 308 g/mol. The van der Waals surface area contributed by atoms with Crippen LogP contribution in [0.1, 0.15) is 25.8 Å². The van der Waals surface area contributed by atoms with E-state index in [1.54, 1.807) is 18.2 Å². The Morgan fingerprint density at radius 2 is 2.21 bits per heavy atom. The van der Waals surface area contributed by atoms with E-state index >= 15 is 0 Å². The van der Waals surface area contributed by atoms with Crippen molar-refractivity contribution in [3.8, 4) is 6.07 Å². The molecule has 2 N–H and O–H groups in total. The van der Waals surface area contributed by atoms with E-state index in [-0.39, 0.29) is 0 Å². The summed E-state index contributed by atoms with van der Waals surface area (Å²) in [5.41, 5.74) is 1.17. The highest BCUT2D eigenvalue weighted by molar-refractivity contribution is 9.10. The van der Waals surface area contributed by atoms with Crippen molar-refractivity contribution in [1.82, 2.24) is 0 Å². The Morgan fingerprint density at radius 3 is 2.74 bits per heavy atom. The molecule has 0 radical (unpaired) electrons. The van der Waals surface area contributed by atoms with Gasteiger partial charge in [-0.3, -0.25) is 4.79 Å². The monoisotopic (exact) mass is 324 g/mol. The predicted octanol–water partition coefficient (Wildman–Crippen LogP) is 3.48. The van der Waals surface area contributed by atoms with Gasteiger partial charge in [-0.05, 0) is 30.5 Å². The number of benzene rings is 1. The van der Waals surface area contributed by atoms with E-state index in [9.17, 15) is 4.79 Å². The highest BCUT2D eigenvalue weighted by Crippen LogP contribution is 2.22. The van der Waals surface area contributed by atoms with Crippen LogP contribution in [0.5, 0.6) is 0 Å². The molecule has 19 heavy (non-hydrogen) atoms. The van der Waals surface area contributed by atoms with Gasteiger partial charge in [0.25, 0.3) is 0 Å². The quantitative estimate of drug-likeness (QED) is 0.840. The molecule has 0 fully saturated rings. The lowest BCUT2D eigenvalue weighted by atomic mass is 9.97. The van der Waals surface area contributed by atoms with Gasteiger partial charge in [0.15, 0.2) is 0 Å². The van der Waals surface area contributed by atoms with Gasteiger partial charge in [0.1, 0.15) is 6.07 Å². The number of nitrogens with one attached hydrogen (secondary N) is 1. The fraction of sp³-hybridized carbons (Fsp3) is 0.429. The molecule has 0 saturated carbocycles. The van der Waals surface area contributed by atoms with Crippen LogP contribution < -0.4 is 5.32 Å². The van der Waals surface area contributed by atoms with E-state index < -0.39 is 11.9 Å². The molecule has 0 spiro atoms. The minimum atomic E-state index is -0.810. The Kier molecular flexibility index (Phi) is 5.84. The first-order chi connectivity index (χ1) is 8.93. The molecule has 1 rings (SSSR count). The van der Waals surface area contributed by atoms with Crippen LogP contribution in [0.25, 0.3) is 0 Å². The molecule has 1 aromatic rings. The van der Waals surface area contributed by atoms with Crippen molar-refractivity contribution in [3.63, 3.8) is 0 Å². The van der Waals surface area contributed by atoms with Gasteiger partial charge in [0.05, 0.1) is 17.2 Å². The molecule has 1 atom stereocenters. The van der Waals surface area contributed by atoms with Gasteiger partial charge in [-0.15, -0.1) is 0 Å². The van der Waals surface area contributed by atoms with Crippen molar-refractivity contribution in [1.29, 1.82) is 5.26 Å². The molecule has 0 aliphatic carbocycles. The molecule has 0 bridgehead atoms. The molecule has 0 aliphatic rings. The molecule has 102 valence electrons. The number of carboxylic acids is 1. The number of carboxylic acid groups (broad SMARTS) is 1. The van der Waals surface area contributed by atoms with Crippen molar-refractivity contribution in [2.24, 2.45) is 11.8 Å². The fourth-order valence-corrected chi connectivity index (χ4v) is 2.19. The lowest BCUT2D eigenvalue weighted by molar-refractivity contribution is -0.141. The van der Waals surface area contributed by atoms with Gasteiger partial charge < -0.3 is 10.4 Å². The summed E-state index contributed by atoms with van der Waals surface area (Å²) in [5, 5.41) is 21.2. The second kappa shape index (κ2) is 7.15. The number of halogens is 1. The third kappa shape index (κ3) is 4.92. The molecule has 0 amide bonds. The van der Waals surface area contributed by atoms with Gasteiger partial charge in [-0.1, -0.05) is 29.8 Å². The summed E-state index contributed by atoms with van der Waals surface area (Å²) in [6.45, 7) is 4.31. The Morgan fingerprint density at radius 1 is 1.53 bits per heavy atom. The maximum atomic E-state index is 11.2. The molecule has 4 nitrogen and oxygen atoms in total. The molecule has 1 unspecified atom stereocenters. The number of carbonyl (C=O) groups is 1. The van der Waals surface area contributed by atoms with Crippen molar-refractivity contribution >= 4 is 27.6 Å². The van der Waals surface area contributed by atoms with E-state index in [1.165, 1.54) is 0 Å². The molecule has 0 aromatic heterocycles. The van der Waals surface area contributed by atoms with Gasteiger partial charge in [-0.25, -0.2) is 0 Å². The van der Waals surface area contributed by atoms with Crippen LogP contribution in [0.15, 0.2) is 22.7 Å². The highest BCUT2D eigenvalue weighted by atomic mass is 79.9. The zero-order chi connectivity index (χ0) is 14.4. The average Bonchev–Trinajstić information content (AvgIpc) is 2.34. The molecule has 5 heteroatoms. The lowest BCUT2D eigenvalue weighted by Gasteiger charge is -2.16. The highest BCUT2D eigenvalue weighted by Gasteiger charge is 2.19. The van der Waals surface area contributed by atoms with E-state index in [0.29, 0.717) is 30.1 Å². The first kappa shape index (κ1) is 15.5. The number of aliphatic carboxylic acids is 1. The Hall–Kier alpha value is -1.54. The first-order valence-corrected chi connectivity index (χ1v) is 6.89. The van der Waals surface area contributed by atoms with Crippen molar-refractivity contribution in [3.05, 3.63) is 28.2 Å². The maximum Gasteiger partial charge on any atom is 0.308 e. The molecule has 0 aliphatic heterocycles. The van der Waals surface area contributed by atoms with Crippen LogP contribution in [-0.4, -0.2) is 17.6 Å². The summed E-state index contributed by atoms with van der Waals surface area (Å²) < 4.78 is 0.852. The predicted molar refractivity (Wildman–Crippen MR) is 77.9 cm³/mol. The number of anilines is 1. The second-order valence-corrected chi connectivity index (χ2v) is 5.76. The van der Waals surface area contributed by atoms with Crippen LogP contribution in [0.2, 0.25) is 0 Å². The third-order valence-electron chi connectivity index (χ3n) is 2.75. The molecular formula is C14H17BrN2O2. The smallest absolute Gasteiger partial charge is 0.308 e. The van der Waals surface area contributed by atoms with Gasteiger partial charge in [-0.2, -0.15) is 5.26 Å². The maximum absolute atomic E-state index is 11.2. The summed E-state index contributed by atoms with van der Waals surface area (Å²) in [5.74, 6) is -0.943. The van der Waals surface area contributed by atoms with Crippen LogP contribution in [-0.2, 0) is 4.79 Å². The van der Waals surface area contributed by atoms with E-state index in [4.69, 9.17) is 10.4 Å². The molecule has 0 saturated heterocycles. The summed E-state index contributed by atoms with van der Waals surface area (Å²) in [4.78, 5) is 11.2. The number of rotatable bonds is 6. The van der Waals surface area contributed by atoms with Crippen molar-refractivity contribution < 1.29 is 9.90 Å². The van der Waals surface area contributed by atoms with E-state index in [1.807, 2.05) is 13.8 Å². The third-order valence-corrected chi connectivity index (χ3v) is 3.24. The minimum Gasteiger partial charge on any atom is -0.481 e. The molecule has 1 aromatic carbocycles. The molecule has 0 heterocycles. The Balaban J connectivity index is 2.77. The van der Waals surface area contributed by atoms with Crippen LogP contribution in [0.3, 0.4) is 0 Å². The van der Waals surface area contributed by atoms with Crippen molar-refractivity contribution in [2.45, 2.75) is 20.3 Å². The zero-order valence-corrected chi connectivity index (χ0v) is 12.6. The number of nitrogens with zero attached hydrogens (tertiary/aromatic N) is 1. The number of hydrogen-bond acceptors (Lipinski definition) is 3. The largest absolute Gasteiger partial charge is 0.481 e. The summed E-state index contributed by atoms with van der Waals surface area (Å²) in [6, 6.07) is 7.35. The van der Waals surface area contributed by atoms with Crippen LogP contribution >= 0.6 is 15.9 Å². The van der Waals surface area contributed by atoms with Crippen LogP contribution in [0, 0.1) is 23.2 Å². The Labute approximate surface area is 121 Å². The van der Waals surface area contributed by atoms with Crippen molar-refractivity contribution in [2.75, 3.05) is 11.9 Å². The van der Waals surface area contributed by atoms with Crippen LogP contribution in [0.4, 0.5) is 5.69 Å². The summed E-state index contributed by atoms with van der Waals surface area (Å²) in [6.07, 6.45) is 0.609. The van der Waals surface area contributed by atoms with Gasteiger partial charge in [0.2, 0.25) is 0 Å². The minimum absolute atomic E-state index is 0.318. The topological polar surface area (TPSA) is 73.1 Å². The SMILES string of the molecule is CC(C)CC(CNc1cc(Br)ccc1C#N)C(=O)O. The summed E-state index contributed by atoms with van der Waals surface area (Å²) >= 11 is 3.34. The van der Waals surface area contributed by atoms with Gasteiger partial charge in [0, 0.05) is 11.0 Å². The lowest BCUT2D eigenvalue weighted by Crippen LogP contribution is -2.24. The standard InChI is InChI=1S/C14H17BrN2O2/c1-9(2)5-11(14(18)19)8-17-13-6-12(15)4-3-10(13)7-16/h3-4,6,9,11,17H,5,8H2,1-2H3,(H,18,19). The normalized spacial score (nSPS) is 11.9. The fourth-order valence-electron chi connectivity index (χ4n) is 1.83. The second-order valence-electron chi connectivity index (χ2n) is 4.85. The zero-order valence-electron chi connectivity index (χ0n) is 11.0. The van der Waals surface area contributed by atoms with Gasteiger partial charge >= 0.3 is 5.97 Å². The Bertz CT molecular complexity index is 495. The average molecular weight is 325 g/mol.